The highest BCUT2D eigenvalue weighted by atomic mass is 16.4. The van der Waals surface area contributed by atoms with Crippen LogP contribution in [0.5, 0.6) is 0 Å². The van der Waals surface area contributed by atoms with Crippen molar-refractivity contribution in [1.82, 2.24) is 0 Å². The van der Waals surface area contributed by atoms with Crippen LogP contribution in [-0.4, -0.2) is 45.2 Å². The van der Waals surface area contributed by atoms with E-state index < -0.39 is 18.2 Å². The summed E-state index contributed by atoms with van der Waals surface area (Å²) in [5.74, 6) is -0.690. The lowest BCUT2D eigenvalue weighted by Gasteiger charge is -2.14. The Morgan fingerprint density at radius 3 is 1.65 bits per heavy atom. The van der Waals surface area contributed by atoms with Gasteiger partial charge < -0.3 is 20.4 Å². The maximum atomic E-state index is 10.4. The highest BCUT2D eigenvalue weighted by molar-refractivity contribution is 5.66. The molecule has 0 rings (SSSR count). The molecule has 0 aromatic carbocycles. The van der Waals surface area contributed by atoms with Gasteiger partial charge >= 0.3 is 5.97 Å². The topological polar surface area (TPSA) is 98.0 Å². The molecule has 0 saturated heterocycles. The average molecular weight is 373 g/mol. The number of carbonyl (C=O) groups is 1. The van der Waals surface area contributed by atoms with Crippen molar-refractivity contribution in [2.24, 2.45) is 0 Å². The number of rotatable bonds is 19. The van der Waals surface area contributed by atoms with Crippen LogP contribution in [0.25, 0.3) is 0 Å². The molecule has 5 nitrogen and oxygen atoms in total. The summed E-state index contributed by atoms with van der Waals surface area (Å²) < 4.78 is 0. The number of carboxylic acids is 1. The van der Waals surface area contributed by atoms with Gasteiger partial charge in [-0.1, -0.05) is 63.5 Å². The largest absolute Gasteiger partial charge is 0.481 e. The second kappa shape index (κ2) is 18.9. The second-order valence-electron chi connectivity index (χ2n) is 7.19. The number of allylic oxidation sites excluding steroid dienone is 2. The van der Waals surface area contributed by atoms with Gasteiger partial charge in [0, 0.05) is 6.42 Å². The summed E-state index contributed by atoms with van der Waals surface area (Å²) in [5, 5.41) is 36.0. The molecule has 0 aliphatic rings. The SMILES string of the molecule is O=C(O)CCCCCCC/C=C\CCCCCCCCC(O)C(O)CO. The van der Waals surface area contributed by atoms with Gasteiger partial charge in [-0.2, -0.15) is 0 Å². The minimum atomic E-state index is -1.00. The quantitative estimate of drug-likeness (QED) is 0.201. The second-order valence-corrected chi connectivity index (χ2v) is 7.19. The lowest BCUT2D eigenvalue weighted by Crippen LogP contribution is -2.28. The van der Waals surface area contributed by atoms with Gasteiger partial charge in [-0.15, -0.1) is 0 Å². The molecule has 0 aromatic rings. The maximum Gasteiger partial charge on any atom is 0.303 e. The summed E-state index contributed by atoms with van der Waals surface area (Å²) in [6.07, 6.45) is 18.0. The monoisotopic (exact) mass is 372 g/mol. The molecule has 154 valence electrons. The first-order valence-corrected chi connectivity index (χ1v) is 10.4. The van der Waals surface area contributed by atoms with E-state index in [1.165, 1.54) is 32.1 Å². The molecule has 0 bridgehead atoms. The van der Waals surface area contributed by atoms with E-state index in [4.69, 9.17) is 10.2 Å². The van der Waals surface area contributed by atoms with Gasteiger partial charge in [-0.25, -0.2) is 0 Å². The van der Waals surface area contributed by atoms with Crippen LogP contribution in [0.2, 0.25) is 0 Å². The number of unbranched alkanes of at least 4 members (excludes halogenated alkanes) is 11. The Hall–Kier alpha value is -0.910. The van der Waals surface area contributed by atoms with E-state index >= 15 is 0 Å². The molecule has 0 saturated carbocycles. The van der Waals surface area contributed by atoms with Gasteiger partial charge in [0.15, 0.2) is 0 Å². The van der Waals surface area contributed by atoms with Crippen molar-refractivity contribution >= 4 is 5.97 Å². The zero-order chi connectivity index (χ0) is 19.5. The Morgan fingerprint density at radius 2 is 1.15 bits per heavy atom. The van der Waals surface area contributed by atoms with Crippen molar-refractivity contribution in [2.45, 2.75) is 109 Å². The van der Waals surface area contributed by atoms with Crippen molar-refractivity contribution in [2.75, 3.05) is 6.61 Å². The zero-order valence-corrected chi connectivity index (χ0v) is 16.3. The molecular weight excluding hydrogens is 332 g/mol. The molecule has 0 amide bonds. The van der Waals surface area contributed by atoms with Crippen LogP contribution in [-0.2, 0) is 4.79 Å². The number of carboxylic acid groups (broad SMARTS) is 1. The Morgan fingerprint density at radius 1 is 0.692 bits per heavy atom. The maximum absolute atomic E-state index is 10.4. The Bertz CT molecular complexity index is 343. The standard InChI is InChI=1S/C21H40O5/c22-18-20(24)19(23)16-14-12-10-8-6-4-2-1-3-5-7-9-11-13-15-17-21(25)26/h1,3,19-20,22-24H,2,4-18H2,(H,25,26)/b3-1-. The smallest absolute Gasteiger partial charge is 0.303 e. The summed E-state index contributed by atoms with van der Waals surface area (Å²) in [7, 11) is 0. The van der Waals surface area contributed by atoms with Crippen LogP contribution in [0.15, 0.2) is 12.2 Å². The van der Waals surface area contributed by atoms with Crippen LogP contribution in [0, 0.1) is 0 Å². The van der Waals surface area contributed by atoms with Crippen LogP contribution in [0.1, 0.15) is 96.3 Å². The molecule has 0 radical (unpaired) electrons. The molecule has 0 aromatic heterocycles. The minimum absolute atomic E-state index is 0.300. The van der Waals surface area contributed by atoms with E-state index in [0.717, 1.165) is 51.4 Å². The lowest BCUT2D eigenvalue weighted by atomic mass is 10.0. The highest BCUT2D eigenvalue weighted by Crippen LogP contribution is 2.12. The number of aliphatic hydroxyl groups excluding tert-OH is 3. The molecule has 0 spiro atoms. The third-order valence-corrected chi connectivity index (χ3v) is 4.68. The van der Waals surface area contributed by atoms with E-state index in [1.807, 2.05) is 0 Å². The first-order chi connectivity index (χ1) is 12.6. The van der Waals surface area contributed by atoms with Gasteiger partial charge in [0.2, 0.25) is 0 Å². The van der Waals surface area contributed by atoms with E-state index in [1.54, 1.807) is 0 Å². The third kappa shape index (κ3) is 17.9. The van der Waals surface area contributed by atoms with Gasteiger partial charge in [-0.3, -0.25) is 4.79 Å². The van der Waals surface area contributed by atoms with Gasteiger partial charge in [0.05, 0.1) is 12.7 Å². The molecule has 0 fully saturated rings. The fourth-order valence-corrected chi connectivity index (χ4v) is 2.94. The summed E-state index contributed by atoms with van der Waals surface area (Å²) in [6, 6.07) is 0. The number of aliphatic hydroxyl groups is 3. The van der Waals surface area contributed by atoms with Gasteiger partial charge in [0.25, 0.3) is 0 Å². The number of hydrogen-bond donors (Lipinski definition) is 4. The summed E-state index contributed by atoms with van der Waals surface area (Å²) in [5.41, 5.74) is 0. The van der Waals surface area contributed by atoms with Gasteiger partial charge in [-0.05, 0) is 38.5 Å². The van der Waals surface area contributed by atoms with Crippen LogP contribution >= 0.6 is 0 Å². The molecule has 26 heavy (non-hydrogen) atoms. The van der Waals surface area contributed by atoms with Gasteiger partial charge in [0.1, 0.15) is 6.10 Å². The molecular formula is C21H40O5. The van der Waals surface area contributed by atoms with E-state index in [-0.39, 0.29) is 6.61 Å². The van der Waals surface area contributed by atoms with Crippen LogP contribution in [0.3, 0.4) is 0 Å². The van der Waals surface area contributed by atoms with E-state index in [9.17, 15) is 15.0 Å². The normalized spacial score (nSPS) is 14.0. The predicted octanol–water partition coefficient (Wildman–Crippen LogP) is 4.19. The molecule has 0 aliphatic heterocycles. The summed E-state index contributed by atoms with van der Waals surface area (Å²) in [4.78, 5) is 10.4. The lowest BCUT2D eigenvalue weighted by molar-refractivity contribution is -0.137. The minimum Gasteiger partial charge on any atom is -0.481 e. The van der Waals surface area contributed by atoms with E-state index in [0.29, 0.717) is 12.8 Å². The Balaban J connectivity index is 3.20. The van der Waals surface area contributed by atoms with Crippen LogP contribution < -0.4 is 0 Å². The Labute approximate surface area is 159 Å². The zero-order valence-electron chi connectivity index (χ0n) is 16.3. The first-order valence-electron chi connectivity index (χ1n) is 10.4. The summed E-state index contributed by atoms with van der Waals surface area (Å²) >= 11 is 0. The molecule has 5 heteroatoms. The molecule has 4 N–H and O–H groups in total. The first kappa shape index (κ1) is 25.1. The highest BCUT2D eigenvalue weighted by Gasteiger charge is 2.13. The summed E-state index contributed by atoms with van der Waals surface area (Å²) in [6.45, 7) is -0.374. The van der Waals surface area contributed by atoms with Crippen molar-refractivity contribution in [3.05, 3.63) is 12.2 Å². The van der Waals surface area contributed by atoms with Crippen molar-refractivity contribution in [3.8, 4) is 0 Å². The van der Waals surface area contributed by atoms with Crippen LogP contribution in [0.4, 0.5) is 0 Å². The average Bonchev–Trinajstić information content (AvgIpc) is 2.63. The molecule has 0 heterocycles. The van der Waals surface area contributed by atoms with E-state index in [2.05, 4.69) is 12.2 Å². The Kier molecular flexibility index (Phi) is 18.2. The third-order valence-electron chi connectivity index (χ3n) is 4.68. The predicted molar refractivity (Wildman–Crippen MR) is 105 cm³/mol. The van der Waals surface area contributed by atoms with Crippen molar-refractivity contribution < 1.29 is 25.2 Å². The fourth-order valence-electron chi connectivity index (χ4n) is 2.94. The number of aliphatic carboxylic acids is 1. The molecule has 2 unspecified atom stereocenters. The molecule has 0 aliphatic carbocycles. The van der Waals surface area contributed by atoms with Crippen molar-refractivity contribution in [1.29, 1.82) is 0 Å². The fraction of sp³-hybridized carbons (Fsp3) is 0.857. The molecule has 2 atom stereocenters. The number of hydrogen-bond acceptors (Lipinski definition) is 4. The van der Waals surface area contributed by atoms with Crippen molar-refractivity contribution in [3.63, 3.8) is 0 Å².